The van der Waals surface area contributed by atoms with E-state index >= 15 is 0 Å². The van der Waals surface area contributed by atoms with Crippen LogP contribution >= 0.6 is 0 Å². The number of halogens is 2. The number of alkyl halides is 2. The minimum absolute atomic E-state index is 0.133. The fourth-order valence-electron chi connectivity index (χ4n) is 2.11. The number of hydrogen-bond acceptors (Lipinski definition) is 3. The molecule has 0 saturated carbocycles. The quantitative estimate of drug-likeness (QED) is 0.830. The Labute approximate surface area is 108 Å². The molecule has 98 valence electrons. The second-order valence-corrected chi connectivity index (χ2v) is 4.29. The van der Waals surface area contributed by atoms with Crippen LogP contribution in [0.1, 0.15) is 11.3 Å². The van der Waals surface area contributed by atoms with Gasteiger partial charge in [-0.3, -0.25) is 0 Å². The molecule has 0 fully saturated rings. The molecule has 1 aromatic heterocycles. The highest BCUT2D eigenvalue weighted by atomic mass is 19.3. The summed E-state index contributed by atoms with van der Waals surface area (Å²) in [6.45, 7) is -0.605. The highest BCUT2D eigenvalue weighted by molar-refractivity contribution is 5.72. The Bertz CT molecular complexity index is 629. The summed E-state index contributed by atoms with van der Waals surface area (Å²) in [7, 11) is 0. The lowest BCUT2D eigenvalue weighted by Gasteiger charge is -2.20. The molecular formula is C14H11F2NO2. The van der Waals surface area contributed by atoms with Crippen LogP contribution in [0.3, 0.4) is 0 Å². The summed E-state index contributed by atoms with van der Waals surface area (Å²) < 4.78 is 34.3. The molecule has 0 spiro atoms. The first-order valence-corrected chi connectivity index (χ1v) is 5.82. The van der Waals surface area contributed by atoms with Crippen molar-refractivity contribution < 1.29 is 18.3 Å². The minimum atomic E-state index is -2.82. The average Bonchev–Trinajstić information content (AvgIpc) is 2.37. The van der Waals surface area contributed by atoms with Crippen molar-refractivity contribution in [3.8, 4) is 22.8 Å². The molecule has 1 aromatic carbocycles. The van der Waals surface area contributed by atoms with E-state index in [9.17, 15) is 8.78 Å². The van der Waals surface area contributed by atoms with Crippen molar-refractivity contribution in [2.45, 2.75) is 20.1 Å². The van der Waals surface area contributed by atoms with Crippen molar-refractivity contribution in [3.05, 3.63) is 41.6 Å². The van der Waals surface area contributed by atoms with Gasteiger partial charge in [0.25, 0.3) is 0 Å². The number of pyridine rings is 1. The van der Waals surface area contributed by atoms with Crippen LogP contribution in [-0.2, 0) is 6.61 Å². The predicted octanol–water partition coefficient (Wildman–Crippen LogP) is 3.55. The van der Waals surface area contributed by atoms with Gasteiger partial charge in [0.2, 0.25) is 0 Å². The highest BCUT2D eigenvalue weighted by Crippen LogP contribution is 2.37. The molecule has 19 heavy (non-hydrogen) atoms. The fraction of sp³-hybridized carbons (Fsp3) is 0.214. The van der Waals surface area contributed by atoms with Gasteiger partial charge in [0.05, 0.1) is 0 Å². The molecule has 1 aliphatic heterocycles. The maximum atomic E-state index is 12.2. The average molecular weight is 263 g/mol. The number of rotatable bonds is 2. The molecule has 2 heterocycles. The summed E-state index contributed by atoms with van der Waals surface area (Å²) >= 11 is 0. The summed E-state index contributed by atoms with van der Waals surface area (Å²) in [6.07, 6.45) is 0. The molecule has 0 radical (unpaired) electrons. The molecule has 0 saturated heterocycles. The topological polar surface area (TPSA) is 31.4 Å². The lowest BCUT2D eigenvalue weighted by Crippen LogP contribution is -2.09. The number of ether oxygens (including phenoxy) is 2. The standard InChI is InChI=1S/C14H11F2NO2/c1-8-2-5-12-13(17-8)11-4-3-10(19-14(15)16)6-9(11)7-18-12/h2-6,14H,7H2,1H3. The Hall–Kier alpha value is -2.17. The third-order valence-corrected chi connectivity index (χ3v) is 2.94. The highest BCUT2D eigenvalue weighted by Gasteiger charge is 2.19. The maximum absolute atomic E-state index is 12.2. The summed E-state index contributed by atoms with van der Waals surface area (Å²) in [5.41, 5.74) is 3.31. The monoisotopic (exact) mass is 263 g/mol. The lowest BCUT2D eigenvalue weighted by atomic mass is 10.0. The SMILES string of the molecule is Cc1ccc2c(n1)-c1ccc(OC(F)F)cc1CO2. The number of nitrogens with zero attached hydrogens (tertiary/aromatic N) is 1. The summed E-state index contributed by atoms with van der Waals surface area (Å²) in [6, 6.07) is 8.56. The first-order chi connectivity index (χ1) is 9.13. The van der Waals surface area contributed by atoms with E-state index in [1.165, 1.54) is 6.07 Å². The fourth-order valence-corrected chi connectivity index (χ4v) is 2.11. The largest absolute Gasteiger partial charge is 0.487 e. The predicted molar refractivity (Wildman–Crippen MR) is 65.4 cm³/mol. The van der Waals surface area contributed by atoms with Crippen molar-refractivity contribution in [2.24, 2.45) is 0 Å². The van der Waals surface area contributed by atoms with Crippen LogP contribution in [-0.4, -0.2) is 11.6 Å². The van der Waals surface area contributed by atoms with Crippen LogP contribution in [0.25, 0.3) is 11.3 Å². The van der Waals surface area contributed by atoms with E-state index in [4.69, 9.17) is 4.74 Å². The first-order valence-electron chi connectivity index (χ1n) is 5.82. The van der Waals surface area contributed by atoms with Gasteiger partial charge in [-0.2, -0.15) is 8.78 Å². The van der Waals surface area contributed by atoms with Crippen molar-refractivity contribution in [1.82, 2.24) is 4.98 Å². The molecule has 3 rings (SSSR count). The van der Waals surface area contributed by atoms with Gasteiger partial charge in [-0.15, -0.1) is 0 Å². The van der Waals surface area contributed by atoms with Gasteiger partial charge in [-0.1, -0.05) is 0 Å². The van der Waals surface area contributed by atoms with E-state index in [1.54, 1.807) is 12.1 Å². The molecule has 2 aromatic rings. The Morgan fingerprint density at radius 2 is 2.11 bits per heavy atom. The number of aryl methyl sites for hydroxylation is 1. The van der Waals surface area contributed by atoms with Gasteiger partial charge in [-0.05, 0) is 37.3 Å². The van der Waals surface area contributed by atoms with Crippen LogP contribution in [0.4, 0.5) is 8.78 Å². The summed E-state index contributed by atoms with van der Waals surface area (Å²) in [5, 5.41) is 0. The van der Waals surface area contributed by atoms with E-state index in [0.29, 0.717) is 12.4 Å². The van der Waals surface area contributed by atoms with E-state index in [0.717, 1.165) is 22.5 Å². The van der Waals surface area contributed by atoms with Crippen LogP contribution in [0.15, 0.2) is 30.3 Å². The molecule has 0 aliphatic carbocycles. The maximum Gasteiger partial charge on any atom is 0.387 e. The van der Waals surface area contributed by atoms with Gasteiger partial charge in [0, 0.05) is 16.8 Å². The van der Waals surface area contributed by atoms with Gasteiger partial charge < -0.3 is 9.47 Å². The molecule has 0 amide bonds. The van der Waals surface area contributed by atoms with Crippen molar-refractivity contribution >= 4 is 0 Å². The Morgan fingerprint density at radius 1 is 1.26 bits per heavy atom. The Morgan fingerprint density at radius 3 is 2.89 bits per heavy atom. The van der Waals surface area contributed by atoms with Crippen molar-refractivity contribution in [2.75, 3.05) is 0 Å². The van der Waals surface area contributed by atoms with Gasteiger partial charge in [0.15, 0.2) is 0 Å². The van der Waals surface area contributed by atoms with Crippen LogP contribution in [0.2, 0.25) is 0 Å². The first kappa shape index (κ1) is 11.9. The minimum Gasteiger partial charge on any atom is -0.487 e. The second kappa shape index (κ2) is 4.50. The van der Waals surface area contributed by atoms with Crippen molar-refractivity contribution in [1.29, 1.82) is 0 Å². The normalized spacial score (nSPS) is 12.6. The van der Waals surface area contributed by atoms with Crippen molar-refractivity contribution in [3.63, 3.8) is 0 Å². The molecule has 0 atom stereocenters. The molecule has 0 bridgehead atoms. The molecule has 1 aliphatic rings. The van der Waals surface area contributed by atoms with Crippen LogP contribution in [0, 0.1) is 6.92 Å². The van der Waals surface area contributed by atoms with E-state index in [1.807, 2.05) is 19.1 Å². The molecule has 5 heteroatoms. The molecular weight excluding hydrogens is 252 g/mol. The second-order valence-electron chi connectivity index (χ2n) is 4.29. The van der Waals surface area contributed by atoms with Gasteiger partial charge in [0.1, 0.15) is 23.8 Å². The number of hydrogen-bond donors (Lipinski definition) is 0. The van der Waals surface area contributed by atoms with Crippen LogP contribution < -0.4 is 9.47 Å². The molecule has 0 N–H and O–H groups in total. The van der Waals surface area contributed by atoms with Crippen LogP contribution in [0.5, 0.6) is 11.5 Å². The Balaban J connectivity index is 2.05. The summed E-state index contributed by atoms with van der Waals surface area (Å²) in [4.78, 5) is 4.43. The van der Waals surface area contributed by atoms with Gasteiger partial charge in [-0.25, -0.2) is 4.98 Å². The Kier molecular flexibility index (Phi) is 2.81. The lowest BCUT2D eigenvalue weighted by molar-refractivity contribution is -0.0499. The zero-order valence-electron chi connectivity index (χ0n) is 10.2. The van der Waals surface area contributed by atoms with E-state index < -0.39 is 6.61 Å². The van der Waals surface area contributed by atoms with E-state index in [2.05, 4.69) is 9.72 Å². The summed E-state index contributed by atoms with van der Waals surface area (Å²) in [5.74, 6) is 0.842. The molecule has 3 nitrogen and oxygen atoms in total. The smallest absolute Gasteiger partial charge is 0.387 e. The third-order valence-electron chi connectivity index (χ3n) is 2.94. The zero-order valence-corrected chi connectivity index (χ0v) is 10.2. The molecule has 0 unspecified atom stereocenters. The zero-order chi connectivity index (χ0) is 13.4. The number of benzene rings is 1. The number of fused-ring (bicyclic) bond motifs is 3. The number of aromatic nitrogens is 1. The van der Waals surface area contributed by atoms with Gasteiger partial charge >= 0.3 is 6.61 Å². The third kappa shape index (κ3) is 2.23. The van der Waals surface area contributed by atoms with E-state index in [-0.39, 0.29) is 5.75 Å².